The molecule has 22 heavy (non-hydrogen) atoms. The SMILES string of the molecule is [B]c1ccc(-c2ccnc(Nc3ccc(C(C)C)cc3)n2)s1. The first-order valence-electron chi connectivity index (χ1n) is 7.17. The molecule has 2 radical (unpaired) electrons. The summed E-state index contributed by atoms with van der Waals surface area (Å²) in [5, 5.41) is 3.24. The quantitative estimate of drug-likeness (QED) is 0.744. The van der Waals surface area contributed by atoms with E-state index in [-0.39, 0.29) is 0 Å². The molecule has 0 bridgehead atoms. The van der Waals surface area contributed by atoms with Gasteiger partial charge in [-0.1, -0.05) is 32.0 Å². The molecule has 2 aromatic heterocycles. The number of rotatable bonds is 4. The molecule has 0 atom stereocenters. The first kappa shape index (κ1) is 14.8. The second kappa shape index (κ2) is 6.32. The van der Waals surface area contributed by atoms with E-state index in [1.807, 2.05) is 18.2 Å². The van der Waals surface area contributed by atoms with Crippen LogP contribution in [0.2, 0.25) is 0 Å². The molecule has 108 valence electrons. The summed E-state index contributed by atoms with van der Waals surface area (Å²) >= 11 is 1.52. The summed E-state index contributed by atoms with van der Waals surface area (Å²) < 4.78 is 0.785. The summed E-state index contributed by atoms with van der Waals surface area (Å²) in [6.45, 7) is 4.36. The van der Waals surface area contributed by atoms with Gasteiger partial charge < -0.3 is 5.32 Å². The van der Waals surface area contributed by atoms with Crippen molar-refractivity contribution in [3.8, 4) is 10.6 Å². The molecule has 0 aliphatic heterocycles. The number of benzene rings is 1. The summed E-state index contributed by atoms with van der Waals surface area (Å²) in [6, 6.07) is 14.1. The lowest BCUT2D eigenvalue weighted by Crippen LogP contribution is -1.98. The van der Waals surface area contributed by atoms with Crippen LogP contribution in [-0.2, 0) is 0 Å². The summed E-state index contributed by atoms with van der Waals surface area (Å²) in [4.78, 5) is 9.86. The second-order valence-electron chi connectivity index (χ2n) is 5.37. The first-order valence-corrected chi connectivity index (χ1v) is 7.99. The van der Waals surface area contributed by atoms with Crippen LogP contribution in [0.3, 0.4) is 0 Å². The van der Waals surface area contributed by atoms with Crippen molar-refractivity contribution in [2.75, 3.05) is 5.32 Å². The van der Waals surface area contributed by atoms with Crippen molar-refractivity contribution in [3.63, 3.8) is 0 Å². The third-order valence-electron chi connectivity index (χ3n) is 3.37. The fourth-order valence-electron chi connectivity index (χ4n) is 2.13. The highest BCUT2D eigenvalue weighted by atomic mass is 32.1. The van der Waals surface area contributed by atoms with E-state index < -0.39 is 0 Å². The lowest BCUT2D eigenvalue weighted by atomic mass is 10.0. The maximum atomic E-state index is 5.78. The Morgan fingerprint density at radius 3 is 2.45 bits per heavy atom. The van der Waals surface area contributed by atoms with Crippen molar-refractivity contribution in [1.82, 2.24) is 9.97 Å². The molecule has 0 amide bonds. The van der Waals surface area contributed by atoms with Gasteiger partial charge in [-0.15, -0.1) is 0 Å². The lowest BCUT2D eigenvalue weighted by molar-refractivity contribution is 0.867. The average molecular weight is 305 g/mol. The number of aromatic nitrogens is 2. The Labute approximate surface area is 135 Å². The van der Waals surface area contributed by atoms with Gasteiger partial charge in [-0.2, -0.15) is 11.3 Å². The number of hydrogen-bond donors (Lipinski definition) is 1. The molecule has 1 N–H and O–H groups in total. The van der Waals surface area contributed by atoms with Gasteiger partial charge in [-0.05, 0) is 40.5 Å². The number of nitrogens with zero attached hydrogens (tertiary/aromatic N) is 2. The summed E-state index contributed by atoms with van der Waals surface area (Å²) in [5.74, 6) is 1.11. The number of thiophene rings is 1. The van der Waals surface area contributed by atoms with Crippen LogP contribution in [0.5, 0.6) is 0 Å². The van der Waals surface area contributed by atoms with Crippen molar-refractivity contribution in [1.29, 1.82) is 0 Å². The lowest BCUT2D eigenvalue weighted by Gasteiger charge is -2.08. The molecule has 0 fully saturated rings. The van der Waals surface area contributed by atoms with E-state index in [0.717, 1.165) is 21.0 Å². The van der Waals surface area contributed by atoms with E-state index in [0.29, 0.717) is 11.9 Å². The van der Waals surface area contributed by atoms with Crippen LogP contribution in [-0.4, -0.2) is 17.8 Å². The Morgan fingerprint density at radius 1 is 1.05 bits per heavy atom. The fraction of sp³-hybridized carbons (Fsp3) is 0.176. The van der Waals surface area contributed by atoms with E-state index in [9.17, 15) is 0 Å². The maximum absolute atomic E-state index is 5.78. The normalized spacial score (nSPS) is 10.9. The van der Waals surface area contributed by atoms with Crippen molar-refractivity contribution in [2.45, 2.75) is 19.8 Å². The second-order valence-corrected chi connectivity index (χ2v) is 6.48. The number of nitrogens with one attached hydrogen (secondary N) is 1. The minimum Gasteiger partial charge on any atom is -0.324 e. The van der Waals surface area contributed by atoms with Crippen LogP contribution in [0, 0.1) is 0 Å². The zero-order valence-corrected chi connectivity index (χ0v) is 13.4. The molecule has 5 heteroatoms. The highest BCUT2D eigenvalue weighted by molar-refractivity contribution is 7.23. The Balaban J connectivity index is 1.80. The maximum Gasteiger partial charge on any atom is 0.227 e. The van der Waals surface area contributed by atoms with Crippen molar-refractivity contribution in [2.24, 2.45) is 0 Å². The van der Waals surface area contributed by atoms with Gasteiger partial charge in [-0.3, -0.25) is 0 Å². The van der Waals surface area contributed by atoms with Gasteiger partial charge in [-0.25, -0.2) is 9.97 Å². The standard InChI is InChI=1S/C17H16BN3S/c1-11(2)12-3-5-13(6-4-12)20-17-19-10-9-14(21-17)15-7-8-16(18)22-15/h3-11H,1-2H3,(H,19,20,21). The molecule has 1 aromatic carbocycles. The molecule has 0 aliphatic carbocycles. The van der Waals surface area contributed by atoms with Gasteiger partial charge in [0.25, 0.3) is 0 Å². The van der Waals surface area contributed by atoms with E-state index in [1.165, 1.54) is 16.9 Å². The Morgan fingerprint density at radius 2 is 1.82 bits per heavy atom. The van der Waals surface area contributed by atoms with E-state index in [2.05, 4.69) is 53.4 Å². The summed E-state index contributed by atoms with van der Waals surface area (Å²) in [6.07, 6.45) is 1.75. The summed E-state index contributed by atoms with van der Waals surface area (Å²) in [7, 11) is 5.78. The van der Waals surface area contributed by atoms with Gasteiger partial charge >= 0.3 is 0 Å². The van der Waals surface area contributed by atoms with Crippen LogP contribution in [0.1, 0.15) is 25.3 Å². The molecule has 3 rings (SSSR count). The van der Waals surface area contributed by atoms with Gasteiger partial charge in [0.05, 0.1) is 10.6 Å². The minimum atomic E-state index is 0.526. The molecule has 3 nitrogen and oxygen atoms in total. The van der Waals surface area contributed by atoms with Crippen molar-refractivity contribution >= 4 is 35.6 Å². The van der Waals surface area contributed by atoms with Crippen LogP contribution in [0.15, 0.2) is 48.7 Å². The zero-order valence-electron chi connectivity index (χ0n) is 12.6. The zero-order chi connectivity index (χ0) is 15.5. The molecule has 0 aliphatic rings. The number of anilines is 2. The van der Waals surface area contributed by atoms with E-state index in [1.54, 1.807) is 6.20 Å². The minimum absolute atomic E-state index is 0.526. The van der Waals surface area contributed by atoms with Crippen LogP contribution in [0.4, 0.5) is 11.6 Å². The predicted molar refractivity (Wildman–Crippen MR) is 94.5 cm³/mol. The van der Waals surface area contributed by atoms with E-state index in [4.69, 9.17) is 7.85 Å². The Hall–Kier alpha value is -2.14. The van der Waals surface area contributed by atoms with Crippen LogP contribution < -0.4 is 10.1 Å². The monoisotopic (exact) mass is 305 g/mol. The molecule has 0 saturated heterocycles. The molecule has 3 aromatic rings. The van der Waals surface area contributed by atoms with Gasteiger partial charge in [0.15, 0.2) is 0 Å². The average Bonchev–Trinajstić information content (AvgIpc) is 2.95. The third kappa shape index (κ3) is 3.36. The van der Waals surface area contributed by atoms with Gasteiger partial charge in [0, 0.05) is 11.9 Å². The smallest absolute Gasteiger partial charge is 0.227 e. The molecule has 2 heterocycles. The number of hydrogen-bond acceptors (Lipinski definition) is 4. The molecule has 0 spiro atoms. The van der Waals surface area contributed by atoms with Crippen molar-refractivity contribution < 1.29 is 0 Å². The highest BCUT2D eigenvalue weighted by Crippen LogP contribution is 2.23. The van der Waals surface area contributed by atoms with Gasteiger partial charge in [0.2, 0.25) is 5.95 Å². The molecular weight excluding hydrogens is 289 g/mol. The largest absolute Gasteiger partial charge is 0.324 e. The fourth-order valence-corrected chi connectivity index (χ4v) is 2.87. The summed E-state index contributed by atoms with van der Waals surface area (Å²) in [5.41, 5.74) is 3.17. The topological polar surface area (TPSA) is 37.8 Å². The van der Waals surface area contributed by atoms with Gasteiger partial charge in [0.1, 0.15) is 7.85 Å². The van der Waals surface area contributed by atoms with E-state index >= 15 is 0 Å². The van der Waals surface area contributed by atoms with Crippen molar-refractivity contribution in [3.05, 3.63) is 54.2 Å². The highest BCUT2D eigenvalue weighted by Gasteiger charge is 2.05. The first-order chi connectivity index (χ1) is 10.6. The molecule has 0 saturated carbocycles. The third-order valence-corrected chi connectivity index (χ3v) is 4.31. The van der Waals surface area contributed by atoms with Crippen LogP contribution in [0.25, 0.3) is 10.6 Å². The predicted octanol–water partition coefficient (Wildman–Crippen LogP) is 3.87. The molecular formula is C17H16BN3S. The Bertz CT molecular complexity index is 766. The Kier molecular flexibility index (Phi) is 4.25. The van der Waals surface area contributed by atoms with Crippen LogP contribution >= 0.6 is 11.3 Å². The molecule has 0 unspecified atom stereocenters.